The maximum absolute atomic E-state index is 5.60. The van der Waals surface area contributed by atoms with E-state index in [2.05, 4.69) is 64.2 Å². The van der Waals surface area contributed by atoms with Gasteiger partial charge in [0.1, 0.15) is 11.5 Å². The van der Waals surface area contributed by atoms with E-state index in [4.69, 9.17) is 14.9 Å². The Balaban J connectivity index is 1.40. The van der Waals surface area contributed by atoms with Crippen LogP contribution in [0.25, 0.3) is 28.2 Å². The number of piperidine rings is 1. The molecule has 1 aromatic carbocycles. The lowest BCUT2D eigenvalue weighted by Gasteiger charge is -2.39. The molecule has 2 saturated heterocycles. The molecule has 2 fully saturated rings. The molecule has 0 radical (unpaired) electrons. The Hall–Kier alpha value is -3.23. The fourth-order valence-corrected chi connectivity index (χ4v) is 5.90. The number of fused-ring (bicyclic) bond motifs is 1. The van der Waals surface area contributed by atoms with Gasteiger partial charge in [-0.15, -0.1) is 0 Å². The molecule has 0 spiro atoms. The van der Waals surface area contributed by atoms with E-state index in [1.807, 2.05) is 23.8 Å². The third-order valence-corrected chi connectivity index (χ3v) is 7.87. The monoisotopic (exact) mass is 485 g/mol. The zero-order valence-corrected chi connectivity index (χ0v) is 21.4. The molecular formula is C28H35N7O. The first kappa shape index (κ1) is 23.2. The van der Waals surface area contributed by atoms with Crippen LogP contribution in [-0.4, -0.2) is 68.7 Å². The van der Waals surface area contributed by atoms with Crippen molar-refractivity contribution in [3.8, 4) is 22.5 Å². The van der Waals surface area contributed by atoms with Crippen LogP contribution in [0.1, 0.15) is 42.9 Å². The minimum Gasteiger partial charge on any atom is -0.381 e. The predicted octanol–water partition coefficient (Wildman–Crippen LogP) is 4.51. The molecule has 2 aliphatic heterocycles. The second-order valence-electron chi connectivity index (χ2n) is 10.1. The molecule has 0 saturated carbocycles. The van der Waals surface area contributed by atoms with Gasteiger partial charge in [-0.3, -0.25) is 4.68 Å². The number of aromatic nitrogens is 5. The first-order chi connectivity index (χ1) is 17.6. The molecule has 0 bridgehead atoms. The minimum absolute atomic E-state index is 0.445. The number of imidazole rings is 1. The number of benzene rings is 1. The van der Waals surface area contributed by atoms with E-state index >= 15 is 0 Å². The SMILES string of the molecule is CNc1cn2nc(-c3c(-c4ccc(C)cc4)nn(C)c3C3CCN(C4CCOCC4)CC3)ccc2n1. The lowest BCUT2D eigenvalue weighted by Crippen LogP contribution is -2.43. The summed E-state index contributed by atoms with van der Waals surface area (Å²) < 4.78 is 9.57. The van der Waals surface area contributed by atoms with Crippen LogP contribution in [0.3, 0.4) is 0 Å². The second-order valence-corrected chi connectivity index (χ2v) is 10.1. The predicted molar refractivity (Wildman–Crippen MR) is 142 cm³/mol. The van der Waals surface area contributed by atoms with Gasteiger partial charge in [0.25, 0.3) is 0 Å². The summed E-state index contributed by atoms with van der Waals surface area (Å²) >= 11 is 0. The van der Waals surface area contributed by atoms with Crippen molar-refractivity contribution in [1.29, 1.82) is 0 Å². The van der Waals surface area contributed by atoms with Gasteiger partial charge in [-0.2, -0.15) is 10.2 Å². The number of hydrogen-bond acceptors (Lipinski definition) is 6. The molecule has 8 nitrogen and oxygen atoms in total. The number of ether oxygens (including phenoxy) is 1. The summed E-state index contributed by atoms with van der Waals surface area (Å²) in [5, 5.41) is 13.2. The van der Waals surface area contributed by atoms with Crippen LogP contribution in [0.4, 0.5) is 5.82 Å². The molecule has 6 rings (SSSR count). The third-order valence-electron chi connectivity index (χ3n) is 7.87. The van der Waals surface area contributed by atoms with Crippen LogP contribution >= 0.6 is 0 Å². The van der Waals surface area contributed by atoms with E-state index in [1.54, 1.807) is 0 Å². The maximum atomic E-state index is 5.60. The van der Waals surface area contributed by atoms with Crippen LogP contribution in [-0.2, 0) is 11.8 Å². The Bertz CT molecular complexity index is 1340. The molecule has 0 atom stereocenters. The van der Waals surface area contributed by atoms with Crippen LogP contribution in [0.15, 0.2) is 42.6 Å². The van der Waals surface area contributed by atoms with Gasteiger partial charge in [0.05, 0.1) is 23.1 Å². The van der Waals surface area contributed by atoms with Crippen molar-refractivity contribution in [1.82, 2.24) is 29.3 Å². The van der Waals surface area contributed by atoms with Crippen LogP contribution in [0.2, 0.25) is 0 Å². The van der Waals surface area contributed by atoms with E-state index in [9.17, 15) is 0 Å². The Labute approximate surface area is 212 Å². The molecule has 5 heterocycles. The number of likely N-dealkylation sites (tertiary alicyclic amines) is 1. The highest BCUT2D eigenvalue weighted by Gasteiger charge is 2.32. The smallest absolute Gasteiger partial charge is 0.156 e. The van der Waals surface area contributed by atoms with Crippen molar-refractivity contribution in [2.45, 2.75) is 44.6 Å². The normalized spacial score (nSPS) is 18.2. The average Bonchev–Trinajstić information content (AvgIpc) is 3.50. The lowest BCUT2D eigenvalue weighted by molar-refractivity contribution is 0.0249. The van der Waals surface area contributed by atoms with Gasteiger partial charge >= 0.3 is 0 Å². The third kappa shape index (κ3) is 4.29. The Morgan fingerprint density at radius 3 is 2.42 bits per heavy atom. The molecule has 1 N–H and O–H groups in total. The van der Waals surface area contributed by atoms with E-state index in [-0.39, 0.29) is 0 Å². The summed E-state index contributed by atoms with van der Waals surface area (Å²) in [7, 11) is 3.97. The highest BCUT2D eigenvalue weighted by Crippen LogP contribution is 2.41. The largest absolute Gasteiger partial charge is 0.381 e. The zero-order valence-electron chi connectivity index (χ0n) is 21.4. The number of nitrogens with zero attached hydrogens (tertiary/aromatic N) is 6. The number of hydrogen-bond donors (Lipinski definition) is 1. The lowest BCUT2D eigenvalue weighted by atomic mass is 9.87. The number of rotatable bonds is 5. The highest BCUT2D eigenvalue weighted by molar-refractivity contribution is 5.82. The molecule has 0 amide bonds. The highest BCUT2D eigenvalue weighted by atomic mass is 16.5. The summed E-state index contributed by atoms with van der Waals surface area (Å²) in [6.45, 7) is 6.16. The first-order valence-corrected chi connectivity index (χ1v) is 13.1. The van der Waals surface area contributed by atoms with Gasteiger partial charge in [0.15, 0.2) is 5.65 Å². The van der Waals surface area contributed by atoms with Gasteiger partial charge in [-0.1, -0.05) is 29.8 Å². The van der Waals surface area contributed by atoms with Crippen LogP contribution in [0, 0.1) is 6.92 Å². The summed E-state index contributed by atoms with van der Waals surface area (Å²) in [6, 6.07) is 13.5. The zero-order chi connectivity index (χ0) is 24.6. The van der Waals surface area contributed by atoms with Crippen molar-refractivity contribution in [2.24, 2.45) is 7.05 Å². The van der Waals surface area contributed by atoms with Gasteiger partial charge in [-0.25, -0.2) is 9.50 Å². The molecule has 3 aromatic heterocycles. The van der Waals surface area contributed by atoms with Crippen molar-refractivity contribution in [3.05, 3.63) is 53.9 Å². The van der Waals surface area contributed by atoms with Crippen molar-refractivity contribution >= 4 is 11.5 Å². The van der Waals surface area contributed by atoms with Crippen molar-refractivity contribution < 1.29 is 4.74 Å². The maximum Gasteiger partial charge on any atom is 0.156 e. The number of aryl methyl sites for hydroxylation is 2. The van der Waals surface area contributed by atoms with E-state index in [0.29, 0.717) is 12.0 Å². The molecule has 4 aromatic rings. The van der Waals surface area contributed by atoms with Crippen molar-refractivity contribution in [2.75, 3.05) is 38.7 Å². The summed E-state index contributed by atoms with van der Waals surface area (Å²) in [5.41, 5.74) is 7.57. The van der Waals surface area contributed by atoms with Crippen LogP contribution < -0.4 is 5.32 Å². The molecule has 2 aliphatic rings. The van der Waals surface area contributed by atoms with Gasteiger partial charge in [0.2, 0.25) is 0 Å². The Morgan fingerprint density at radius 1 is 0.944 bits per heavy atom. The fourth-order valence-electron chi connectivity index (χ4n) is 5.90. The van der Waals surface area contributed by atoms with E-state index in [1.165, 1.54) is 11.3 Å². The first-order valence-electron chi connectivity index (χ1n) is 13.1. The molecular weight excluding hydrogens is 450 g/mol. The molecule has 36 heavy (non-hydrogen) atoms. The quantitative estimate of drug-likeness (QED) is 0.449. The summed E-state index contributed by atoms with van der Waals surface area (Å²) in [5.74, 6) is 1.26. The van der Waals surface area contributed by atoms with Gasteiger partial charge in [-0.05, 0) is 57.8 Å². The number of nitrogens with one attached hydrogen (secondary N) is 1. The minimum atomic E-state index is 0.445. The average molecular weight is 486 g/mol. The standard InChI is InChI=1S/C28H35N7O/c1-19-4-6-20(7-5-19)27-26(23-8-9-25-30-24(29-2)18-35(25)31-23)28(33(3)32-27)21-10-14-34(15-11-21)22-12-16-36-17-13-22/h4-9,18,21-22,29H,10-17H2,1-3H3. The van der Waals surface area contributed by atoms with E-state index in [0.717, 1.165) is 86.0 Å². The Kier molecular flexibility index (Phi) is 6.23. The van der Waals surface area contributed by atoms with Gasteiger partial charge < -0.3 is 15.0 Å². The van der Waals surface area contributed by atoms with E-state index < -0.39 is 0 Å². The Morgan fingerprint density at radius 2 is 1.69 bits per heavy atom. The molecule has 0 aliphatic carbocycles. The fraction of sp³-hybridized carbons (Fsp3) is 0.464. The summed E-state index contributed by atoms with van der Waals surface area (Å²) in [4.78, 5) is 7.27. The topological polar surface area (TPSA) is 72.5 Å². The second kappa shape index (κ2) is 9.67. The van der Waals surface area contributed by atoms with Gasteiger partial charge in [0, 0.05) is 44.8 Å². The number of anilines is 1. The van der Waals surface area contributed by atoms with Crippen molar-refractivity contribution in [3.63, 3.8) is 0 Å². The molecule has 0 unspecified atom stereocenters. The van der Waals surface area contributed by atoms with Crippen LogP contribution in [0.5, 0.6) is 0 Å². The molecule has 8 heteroatoms. The summed E-state index contributed by atoms with van der Waals surface area (Å²) in [6.07, 6.45) is 6.51. The molecule has 188 valence electrons.